The molecular formula is C16H20N2O3. The standard InChI is InChI=1S/C16H20N2O3/c1-12-8-10-18(11-9-12)16(21)17-14-5-3-2-4-13(14)6-7-15(19)20/h2-5,8H,6-7,9-11H2,1H3,(H,17,21)(H,19,20). The van der Waals surface area contributed by atoms with Crippen molar-refractivity contribution in [2.75, 3.05) is 18.4 Å². The molecule has 112 valence electrons. The maximum absolute atomic E-state index is 12.2. The number of aliphatic carboxylic acids is 1. The average molecular weight is 288 g/mol. The van der Waals surface area contributed by atoms with E-state index in [2.05, 4.69) is 18.3 Å². The predicted octanol–water partition coefficient (Wildman–Crippen LogP) is 2.89. The van der Waals surface area contributed by atoms with Crippen molar-refractivity contribution >= 4 is 17.7 Å². The number of aryl methyl sites for hydroxylation is 1. The van der Waals surface area contributed by atoms with Crippen LogP contribution in [0.3, 0.4) is 0 Å². The van der Waals surface area contributed by atoms with Crippen molar-refractivity contribution in [1.29, 1.82) is 0 Å². The van der Waals surface area contributed by atoms with Crippen molar-refractivity contribution in [1.82, 2.24) is 4.90 Å². The van der Waals surface area contributed by atoms with Crippen molar-refractivity contribution in [3.05, 3.63) is 41.5 Å². The van der Waals surface area contributed by atoms with Gasteiger partial charge >= 0.3 is 12.0 Å². The number of carbonyl (C=O) groups is 2. The van der Waals surface area contributed by atoms with E-state index in [4.69, 9.17) is 5.11 Å². The molecule has 2 rings (SSSR count). The normalized spacial score (nSPS) is 14.5. The zero-order valence-corrected chi connectivity index (χ0v) is 12.1. The molecule has 0 aliphatic carbocycles. The lowest BCUT2D eigenvalue weighted by atomic mass is 10.1. The fraction of sp³-hybridized carbons (Fsp3) is 0.375. The molecule has 0 unspecified atom stereocenters. The number of carboxylic acids is 1. The number of hydrogen-bond acceptors (Lipinski definition) is 2. The van der Waals surface area contributed by atoms with E-state index in [0.717, 1.165) is 12.0 Å². The van der Waals surface area contributed by atoms with Crippen molar-refractivity contribution in [3.8, 4) is 0 Å². The molecule has 2 N–H and O–H groups in total. The van der Waals surface area contributed by atoms with Crippen LogP contribution in [-0.2, 0) is 11.2 Å². The maximum Gasteiger partial charge on any atom is 0.322 e. The maximum atomic E-state index is 12.2. The van der Waals surface area contributed by atoms with Crippen LogP contribution in [0.2, 0.25) is 0 Å². The lowest BCUT2D eigenvalue weighted by molar-refractivity contribution is -0.136. The third kappa shape index (κ3) is 4.34. The van der Waals surface area contributed by atoms with Crippen molar-refractivity contribution in [3.63, 3.8) is 0 Å². The van der Waals surface area contributed by atoms with E-state index in [1.165, 1.54) is 5.57 Å². The molecule has 0 spiro atoms. The summed E-state index contributed by atoms with van der Waals surface area (Å²) in [5.74, 6) is -0.840. The van der Waals surface area contributed by atoms with Crippen LogP contribution in [0.4, 0.5) is 10.5 Å². The number of carboxylic acid groups (broad SMARTS) is 1. The molecule has 1 aromatic carbocycles. The number of carbonyl (C=O) groups excluding carboxylic acids is 1. The molecule has 1 heterocycles. The van der Waals surface area contributed by atoms with Crippen molar-refractivity contribution in [2.45, 2.75) is 26.2 Å². The number of hydrogen-bond donors (Lipinski definition) is 2. The van der Waals surface area contributed by atoms with Crippen LogP contribution in [0.25, 0.3) is 0 Å². The molecule has 0 aromatic heterocycles. The van der Waals surface area contributed by atoms with Gasteiger partial charge in [0.1, 0.15) is 0 Å². The molecule has 0 fully saturated rings. The van der Waals surface area contributed by atoms with Gasteiger partial charge in [0.25, 0.3) is 0 Å². The van der Waals surface area contributed by atoms with Crippen LogP contribution in [0.5, 0.6) is 0 Å². The van der Waals surface area contributed by atoms with Gasteiger partial charge < -0.3 is 15.3 Å². The molecule has 1 aliphatic rings. The van der Waals surface area contributed by atoms with Crippen LogP contribution in [0, 0.1) is 0 Å². The Morgan fingerprint density at radius 3 is 2.76 bits per heavy atom. The topological polar surface area (TPSA) is 69.6 Å². The highest BCUT2D eigenvalue weighted by atomic mass is 16.4. The quantitative estimate of drug-likeness (QED) is 0.837. The van der Waals surface area contributed by atoms with Gasteiger partial charge in [0.05, 0.1) is 0 Å². The van der Waals surface area contributed by atoms with E-state index >= 15 is 0 Å². The largest absolute Gasteiger partial charge is 0.481 e. The minimum Gasteiger partial charge on any atom is -0.481 e. The highest BCUT2D eigenvalue weighted by Crippen LogP contribution is 2.18. The van der Waals surface area contributed by atoms with E-state index in [1.54, 1.807) is 11.0 Å². The van der Waals surface area contributed by atoms with Gasteiger partial charge in [-0.05, 0) is 31.4 Å². The molecule has 2 amide bonds. The second kappa shape index (κ2) is 6.92. The Bertz CT molecular complexity index is 566. The number of urea groups is 1. The fourth-order valence-electron chi connectivity index (χ4n) is 2.25. The van der Waals surface area contributed by atoms with Crippen LogP contribution in [0.15, 0.2) is 35.9 Å². The Balaban J connectivity index is 2.02. The Hall–Kier alpha value is -2.30. The summed E-state index contributed by atoms with van der Waals surface area (Å²) in [6, 6.07) is 7.19. The van der Waals surface area contributed by atoms with E-state index < -0.39 is 5.97 Å². The second-order valence-corrected chi connectivity index (χ2v) is 5.23. The Morgan fingerprint density at radius 1 is 1.33 bits per heavy atom. The van der Waals surface area contributed by atoms with Crippen LogP contribution in [0.1, 0.15) is 25.3 Å². The SMILES string of the molecule is CC1=CCN(C(=O)Nc2ccccc2CCC(=O)O)CC1. The number of para-hydroxylation sites is 1. The highest BCUT2D eigenvalue weighted by molar-refractivity contribution is 5.90. The molecule has 0 saturated carbocycles. The molecule has 0 bridgehead atoms. The van der Waals surface area contributed by atoms with E-state index in [-0.39, 0.29) is 12.5 Å². The zero-order valence-electron chi connectivity index (χ0n) is 12.1. The molecule has 5 heteroatoms. The second-order valence-electron chi connectivity index (χ2n) is 5.23. The molecule has 5 nitrogen and oxygen atoms in total. The molecule has 1 aromatic rings. The van der Waals surface area contributed by atoms with Crippen molar-refractivity contribution < 1.29 is 14.7 Å². The van der Waals surface area contributed by atoms with Gasteiger partial charge in [-0.2, -0.15) is 0 Å². The fourth-order valence-corrected chi connectivity index (χ4v) is 2.25. The Morgan fingerprint density at radius 2 is 2.10 bits per heavy atom. The van der Waals surface area contributed by atoms with Gasteiger partial charge in [-0.15, -0.1) is 0 Å². The Labute approximate surface area is 124 Å². The summed E-state index contributed by atoms with van der Waals surface area (Å²) >= 11 is 0. The summed E-state index contributed by atoms with van der Waals surface area (Å²) in [7, 11) is 0. The summed E-state index contributed by atoms with van der Waals surface area (Å²) < 4.78 is 0. The monoisotopic (exact) mass is 288 g/mol. The lowest BCUT2D eigenvalue weighted by Gasteiger charge is -2.26. The van der Waals surface area contributed by atoms with Gasteiger partial charge in [-0.1, -0.05) is 29.8 Å². The number of anilines is 1. The molecule has 1 aliphatic heterocycles. The van der Waals surface area contributed by atoms with Gasteiger partial charge in [-0.3, -0.25) is 4.79 Å². The minimum absolute atomic E-state index is 0.0541. The molecule has 0 atom stereocenters. The lowest BCUT2D eigenvalue weighted by Crippen LogP contribution is -2.38. The Kier molecular flexibility index (Phi) is 4.98. The van der Waals surface area contributed by atoms with E-state index in [9.17, 15) is 9.59 Å². The minimum atomic E-state index is -0.840. The summed E-state index contributed by atoms with van der Waals surface area (Å²) in [4.78, 5) is 24.7. The molecule has 21 heavy (non-hydrogen) atoms. The van der Waals surface area contributed by atoms with Gasteiger partial charge in [0, 0.05) is 25.2 Å². The predicted molar refractivity (Wildman–Crippen MR) is 81.4 cm³/mol. The van der Waals surface area contributed by atoms with Crippen molar-refractivity contribution in [2.24, 2.45) is 0 Å². The van der Waals surface area contributed by atoms with Gasteiger partial charge in [0.2, 0.25) is 0 Å². The third-order valence-electron chi connectivity index (χ3n) is 3.59. The molecular weight excluding hydrogens is 268 g/mol. The van der Waals surface area contributed by atoms with Crippen LogP contribution < -0.4 is 5.32 Å². The number of nitrogens with zero attached hydrogens (tertiary/aromatic N) is 1. The summed E-state index contributed by atoms with van der Waals surface area (Å²) in [6.07, 6.45) is 3.41. The summed E-state index contributed by atoms with van der Waals surface area (Å²) in [6.45, 7) is 3.40. The zero-order chi connectivity index (χ0) is 15.2. The van der Waals surface area contributed by atoms with Crippen LogP contribution in [-0.4, -0.2) is 35.1 Å². The molecule has 0 saturated heterocycles. The smallest absolute Gasteiger partial charge is 0.322 e. The first-order valence-corrected chi connectivity index (χ1v) is 7.07. The average Bonchev–Trinajstić information content (AvgIpc) is 2.47. The summed E-state index contributed by atoms with van der Waals surface area (Å²) in [5, 5.41) is 11.7. The first kappa shape index (κ1) is 15.1. The number of nitrogens with one attached hydrogen (secondary N) is 1. The van der Waals surface area contributed by atoms with E-state index in [0.29, 0.717) is 25.2 Å². The van der Waals surface area contributed by atoms with E-state index in [1.807, 2.05) is 18.2 Å². The number of benzene rings is 1. The third-order valence-corrected chi connectivity index (χ3v) is 3.59. The number of amides is 2. The highest BCUT2D eigenvalue weighted by Gasteiger charge is 2.16. The molecule has 0 radical (unpaired) electrons. The summed E-state index contributed by atoms with van der Waals surface area (Å²) in [5.41, 5.74) is 2.84. The first-order chi connectivity index (χ1) is 10.1. The number of rotatable bonds is 4. The van der Waals surface area contributed by atoms with Gasteiger partial charge in [-0.25, -0.2) is 4.79 Å². The van der Waals surface area contributed by atoms with Gasteiger partial charge in [0.15, 0.2) is 0 Å². The first-order valence-electron chi connectivity index (χ1n) is 7.07. The van der Waals surface area contributed by atoms with Crippen LogP contribution >= 0.6 is 0 Å².